The maximum atomic E-state index is 12.9. The summed E-state index contributed by atoms with van der Waals surface area (Å²) < 4.78 is 34.4. The van der Waals surface area contributed by atoms with E-state index in [4.69, 9.17) is 4.42 Å². The van der Waals surface area contributed by atoms with Crippen LogP contribution in [0.3, 0.4) is 0 Å². The molecule has 3 aromatic carbocycles. The standard InChI is InChI=1S/C24H22N2O3S/c1-17-13-14-20(15-18(17)2)23-24(26-30(27,28)21-11-7-4-8-12-21)25-22(29-23)16-19-9-5-3-6-10-19/h3-15,26H,16H2,1-2H3. The maximum Gasteiger partial charge on any atom is 0.263 e. The molecule has 0 bridgehead atoms. The minimum Gasteiger partial charge on any atom is -0.438 e. The summed E-state index contributed by atoms with van der Waals surface area (Å²) in [5.41, 5.74) is 4.04. The Bertz CT molecular complexity index is 1260. The van der Waals surface area contributed by atoms with Crippen molar-refractivity contribution in [1.29, 1.82) is 0 Å². The van der Waals surface area contributed by atoms with Crippen LogP contribution in [-0.2, 0) is 16.4 Å². The zero-order valence-electron chi connectivity index (χ0n) is 16.8. The normalized spacial score (nSPS) is 11.4. The van der Waals surface area contributed by atoms with Gasteiger partial charge in [0, 0.05) is 12.0 Å². The number of nitrogens with zero attached hydrogens (tertiary/aromatic N) is 1. The van der Waals surface area contributed by atoms with Crippen molar-refractivity contribution in [2.75, 3.05) is 4.72 Å². The van der Waals surface area contributed by atoms with Gasteiger partial charge in [-0.1, -0.05) is 60.7 Å². The van der Waals surface area contributed by atoms with Crippen LogP contribution in [0.15, 0.2) is 88.2 Å². The number of aryl methyl sites for hydroxylation is 2. The molecule has 1 aromatic heterocycles. The van der Waals surface area contributed by atoms with Crippen molar-refractivity contribution >= 4 is 15.8 Å². The predicted molar refractivity (Wildman–Crippen MR) is 118 cm³/mol. The molecule has 0 radical (unpaired) electrons. The molecule has 1 heterocycles. The highest BCUT2D eigenvalue weighted by Crippen LogP contribution is 2.32. The van der Waals surface area contributed by atoms with Crippen molar-refractivity contribution in [2.24, 2.45) is 0 Å². The van der Waals surface area contributed by atoms with Crippen molar-refractivity contribution in [3.8, 4) is 11.3 Å². The van der Waals surface area contributed by atoms with E-state index in [-0.39, 0.29) is 10.7 Å². The average Bonchev–Trinajstić information content (AvgIpc) is 3.13. The van der Waals surface area contributed by atoms with Crippen LogP contribution in [-0.4, -0.2) is 13.4 Å². The first kappa shape index (κ1) is 19.9. The fourth-order valence-electron chi connectivity index (χ4n) is 3.14. The lowest BCUT2D eigenvalue weighted by Gasteiger charge is -2.08. The molecule has 0 fully saturated rings. The van der Waals surface area contributed by atoms with Crippen LogP contribution in [0.2, 0.25) is 0 Å². The second kappa shape index (κ2) is 8.16. The Morgan fingerprint density at radius 1 is 0.867 bits per heavy atom. The van der Waals surface area contributed by atoms with E-state index in [0.29, 0.717) is 18.1 Å². The third kappa shape index (κ3) is 4.28. The summed E-state index contributed by atoms with van der Waals surface area (Å²) >= 11 is 0. The number of sulfonamides is 1. The highest BCUT2D eigenvalue weighted by molar-refractivity contribution is 7.92. The van der Waals surface area contributed by atoms with E-state index in [9.17, 15) is 8.42 Å². The fraction of sp³-hybridized carbons (Fsp3) is 0.125. The second-order valence-corrected chi connectivity index (χ2v) is 8.85. The molecule has 0 amide bonds. The van der Waals surface area contributed by atoms with Gasteiger partial charge in [-0.25, -0.2) is 8.42 Å². The topological polar surface area (TPSA) is 72.2 Å². The van der Waals surface area contributed by atoms with Gasteiger partial charge in [0.1, 0.15) is 0 Å². The third-order valence-corrected chi connectivity index (χ3v) is 6.28. The van der Waals surface area contributed by atoms with Crippen LogP contribution in [0.4, 0.5) is 5.82 Å². The Kier molecular flexibility index (Phi) is 5.42. The Balaban J connectivity index is 1.76. The van der Waals surface area contributed by atoms with Gasteiger partial charge in [0.25, 0.3) is 10.0 Å². The molecular weight excluding hydrogens is 396 g/mol. The molecule has 0 aliphatic rings. The van der Waals surface area contributed by atoms with E-state index in [1.165, 1.54) is 0 Å². The van der Waals surface area contributed by atoms with E-state index in [0.717, 1.165) is 22.3 Å². The van der Waals surface area contributed by atoms with Gasteiger partial charge in [-0.15, -0.1) is 0 Å². The van der Waals surface area contributed by atoms with E-state index < -0.39 is 10.0 Å². The molecular formula is C24H22N2O3S. The average molecular weight is 419 g/mol. The van der Waals surface area contributed by atoms with Gasteiger partial charge >= 0.3 is 0 Å². The number of oxazole rings is 1. The molecule has 0 unspecified atom stereocenters. The van der Waals surface area contributed by atoms with Gasteiger partial charge in [-0.2, -0.15) is 4.98 Å². The number of hydrogen-bond donors (Lipinski definition) is 1. The minimum absolute atomic E-state index is 0.170. The van der Waals surface area contributed by atoms with Crippen molar-refractivity contribution in [3.05, 3.63) is 101 Å². The summed E-state index contributed by atoms with van der Waals surface area (Å²) in [5, 5.41) is 0. The number of aromatic nitrogens is 1. The highest BCUT2D eigenvalue weighted by Gasteiger charge is 2.22. The number of hydrogen-bond acceptors (Lipinski definition) is 4. The lowest BCUT2D eigenvalue weighted by Crippen LogP contribution is -2.13. The molecule has 0 aliphatic carbocycles. The van der Waals surface area contributed by atoms with E-state index in [1.54, 1.807) is 30.3 Å². The number of benzene rings is 3. The molecule has 5 nitrogen and oxygen atoms in total. The molecule has 4 aromatic rings. The zero-order chi connectivity index (χ0) is 21.1. The summed E-state index contributed by atoms with van der Waals surface area (Å²) in [5.74, 6) is 1.04. The Morgan fingerprint density at radius 2 is 1.53 bits per heavy atom. The molecule has 6 heteroatoms. The maximum absolute atomic E-state index is 12.9. The SMILES string of the molecule is Cc1ccc(-c2oc(Cc3ccccc3)nc2NS(=O)(=O)c2ccccc2)cc1C. The summed E-state index contributed by atoms with van der Waals surface area (Å²) in [4.78, 5) is 4.66. The largest absolute Gasteiger partial charge is 0.438 e. The smallest absolute Gasteiger partial charge is 0.263 e. The van der Waals surface area contributed by atoms with Gasteiger partial charge in [0.05, 0.1) is 4.90 Å². The molecule has 0 spiro atoms. The van der Waals surface area contributed by atoms with Crippen molar-refractivity contribution in [1.82, 2.24) is 4.98 Å². The van der Waals surface area contributed by atoms with Crippen LogP contribution in [0.5, 0.6) is 0 Å². The summed E-state index contributed by atoms with van der Waals surface area (Å²) in [6.07, 6.45) is 0.464. The first-order valence-corrected chi connectivity index (χ1v) is 11.1. The van der Waals surface area contributed by atoms with Crippen LogP contribution in [0.25, 0.3) is 11.3 Å². The first-order valence-electron chi connectivity index (χ1n) is 9.61. The molecule has 0 aliphatic heterocycles. The quantitative estimate of drug-likeness (QED) is 0.458. The number of nitrogens with one attached hydrogen (secondary N) is 1. The van der Waals surface area contributed by atoms with Crippen LogP contribution < -0.4 is 4.72 Å². The van der Waals surface area contributed by atoms with Crippen molar-refractivity contribution < 1.29 is 12.8 Å². The monoisotopic (exact) mass is 418 g/mol. The third-order valence-electron chi connectivity index (χ3n) is 4.92. The van der Waals surface area contributed by atoms with Gasteiger partial charge in [-0.3, -0.25) is 4.72 Å². The Labute approximate surface area is 176 Å². The van der Waals surface area contributed by atoms with Crippen LogP contribution >= 0.6 is 0 Å². The van der Waals surface area contributed by atoms with Crippen molar-refractivity contribution in [3.63, 3.8) is 0 Å². The Morgan fingerprint density at radius 3 is 2.20 bits per heavy atom. The van der Waals surface area contributed by atoms with Crippen LogP contribution in [0, 0.1) is 13.8 Å². The van der Waals surface area contributed by atoms with Gasteiger partial charge < -0.3 is 4.42 Å². The first-order chi connectivity index (χ1) is 14.4. The number of rotatable bonds is 6. The van der Waals surface area contributed by atoms with E-state index >= 15 is 0 Å². The fourth-order valence-corrected chi connectivity index (χ4v) is 4.17. The minimum atomic E-state index is -3.79. The van der Waals surface area contributed by atoms with E-state index in [1.807, 2.05) is 62.4 Å². The Hall–Kier alpha value is -3.38. The summed E-state index contributed by atoms with van der Waals surface area (Å²) in [6.45, 7) is 4.03. The second-order valence-electron chi connectivity index (χ2n) is 7.17. The van der Waals surface area contributed by atoms with Gasteiger partial charge in [0.2, 0.25) is 5.89 Å². The lowest BCUT2D eigenvalue weighted by atomic mass is 10.1. The van der Waals surface area contributed by atoms with Gasteiger partial charge in [-0.05, 0) is 48.7 Å². The predicted octanol–water partition coefficient (Wildman–Crippen LogP) is 5.35. The summed E-state index contributed by atoms with van der Waals surface area (Å²) in [6, 6.07) is 23.9. The molecule has 1 N–H and O–H groups in total. The lowest BCUT2D eigenvalue weighted by molar-refractivity contribution is 0.519. The molecule has 152 valence electrons. The number of anilines is 1. The molecule has 30 heavy (non-hydrogen) atoms. The van der Waals surface area contributed by atoms with Crippen LogP contribution in [0.1, 0.15) is 22.6 Å². The molecule has 0 atom stereocenters. The van der Waals surface area contributed by atoms with Gasteiger partial charge in [0.15, 0.2) is 11.6 Å². The highest BCUT2D eigenvalue weighted by atomic mass is 32.2. The molecule has 4 rings (SSSR count). The molecule has 0 saturated heterocycles. The summed E-state index contributed by atoms with van der Waals surface area (Å²) in [7, 11) is -3.79. The van der Waals surface area contributed by atoms with Crippen molar-refractivity contribution in [2.45, 2.75) is 25.2 Å². The zero-order valence-corrected chi connectivity index (χ0v) is 17.6. The molecule has 0 saturated carbocycles. The van der Waals surface area contributed by atoms with E-state index in [2.05, 4.69) is 9.71 Å².